The second-order valence-corrected chi connectivity index (χ2v) is 8.12. The molecule has 1 amide bonds. The third-order valence-electron chi connectivity index (χ3n) is 6.32. The Bertz CT molecular complexity index is 806. The van der Waals surface area contributed by atoms with E-state index in [1.165, 1.54) is 18.5 Å². The summed E-state index contributed by atoms with van der Waals surface area (Å²) >= 11 is 0. The van der Waals surface area contributed by atoms with Crippen LogP contribution in [0.15, 0.2) is 42.5 Å². The summed E-state index contributed by atoms with van der Waals surface area (Å²) in [5.74, 6) is 2.05. The fourth-order valence-electron chi connectivity index (χ4n) is 4.69. The lowest BCUT2D eigenvalue weighted by atomic mass is 9.91. The molecule has 1 saturated heterocycles. The van der Waals surface area contributed by atoms with Gasteiger partial charge in [-0.1, -0.05) is 37.1 Å². The van der Waals surface area contributed by atoms with Gasteiger partial charge in [0.15, 0.2) is 0 Å². The molecule has 0 spiro atoms. The van der Waals surface area contributed by atoms with Crippen LogP contribution in [-0.2, 0) is 11.2 Å². The van der Waals surface area contributed by atoms with Crippen molar-refractivity contribution < 1.29 is 9.53 Å². The minimum Gasteiger partial charge on any atom is -0.496 e. The highest BCUT2D eigenvalue weighted by atomic mass is 16.5. The van der Waals surface area contributed by atoms with Gasteiger partial charge in [0, 0.05) is 48.3 Å². The molecule has 28 heavy (non-hydrogen) atoms. The molecule has 2 aromatic rings. The lowest BCUT2D eigenvalue weighted by molar-refractivity contribution is -0.136. The maximum absolute atomic E-state index is 12.7. The molecule has 4 heteroatoms. The van der Waals surface area contributed by atoms with Crippen molar-refractivity contribution in [1.29, 1.82) is 0 Å². The van der Waals surface area contributed by atoms with Crippen molar-refractivity contribution in [3.8, 4) is 5.75 Å². The zero-order valence-electron chi connectivity index (χ0n) is 16.8. The Morgan fingerprint density at radius 3 is 2.54 bits per heavy atom. The molecule has 0 bridgehead atoms. The predicted molar refractivity (Wildman–Crippen MR) is 111 cm³/mol. The summed E-state index contributed by atoms with van der Waals surface area (Å²) < 4.78 is 5.48. The van der Waals surface area contributed by atoms with E-state index in [-0.39, 0.29) is 0 Å². The minimum atomic E-state index is 0.291. The van der Waals surface area contributed by atoms with Gasteiger partial charge in [0.25, 0.3) is 0 Å². The number of aromatic nitrogens is 1. The number of hydrogen-bond acceptors (Lipinski definition) is 3. The molecular weight excluding hydrogens is 348 g/mol. The molecule has 1 aliphatic carbocycles. The van der Waals surface area contributed by atoms with E-state index in [0.717, 1.165) is 62.2 Å². The van der Waals surface area contributed by atoms with Gasteiger partial charge in [0.2, 0.25) is 5.91 Å². The number of carbonyl (C=O) groups excluding carboxylic acids is 1. The number of pyridine rings is 1. The largest absolute Gasteiger partial charge is 0.496 e. The Morgan fingerprint density at radius 2 is 1.79 bits per heavy atom. The van der Waals surface area contributed by atoms with E-state index in [4.69, 9.17) is 9.72 Å². The molecule has 2 heterocycles. The average Bonchev–Trinajstić information content (AvgIpc) is 3.29. The fourth-order valence-corrected chi connectivity index (χ4v) is 4.69. The van der Waals surface area contributed by atoms with E-state index in [1.807, 2.05) is 18.2 Å². The van der Waals surface area contributed by atoms with E-state index in [0.29, 0.717) is 17.7 Å². The quantitative estimate of drug-likeness (QED) is 0.765. The third kappa shape index (κ3) is 4.21. The molecule has 148 valence electrons. The number of benzene rings is 1. The van der Waals surface area contributed by atoms with Crippen LogP contribution in [0, 0.1) is 5.92 Å². The Balaban J connectivity index is 1.39. The van der Waals surface area contributed by atoms with Crippen molar-refractivity contribution >= 4 is 5.91 Å². The van der Waals surface area contributed by atoms with Crippen molar-refractivity contribution in [2.24, 2.45) is 5.92 Å². The molecule has 2 aliphatic rings. The number of likely N-dealkylation sites (tertiary alicyclic amines) is 1. The van der Waals surface area contributed by atoms with Gasteiger partial charge in [-0.25, -0.2) is 0 Å². The summed E-state index contributed by atoms with van der Waals surface area (Å²) in [6.07, 6.45) is 7.42. The molecule has 0 N–H and O–H groups in total. The number of piperidine rings is 1. The monoisotopic (exact) mass is 378 g/mol. The van der Waals surface area contributed by atoms with Crippen LogP contribution >= 0.6 is 0 Å². The SMILES string of the molecule is COc1ccccc1Cc1cccc(C2CCN(C(=O)C3CCCC3)CC2)n1. The highest BCUT2D eigenvalue weighted by Crippen LogP contribution is 2.31. The number of methoxy groups -OCH3 is 1. The first-order valence-electron chi connectivity index (χ1n) is 10.6. The molecule has 0 unspecified atom stereocenters. The van der Waals surface area contributed by atoms with Gasteiger partial charge >= 0.3 is 0 Å². The van der Waals surface area contributed by atoms with Crippen LogP contribution in [0.3, 0.4) is 0 Å². The highest BCUT2D eigenvalue weighted by Gasteiger charge is 2.30. The minimum absolute atomic E-state index is 0.291. The zero-order valence-corrected chi connectivity index (χ0v) is 16.8. The van der Waals surface area contributed by atoms with E-state index in [2.05, 4.69) is 29.2 Å². The number of ether oxygens (including phenoxy) is 1. The van der Waals surface area contributed by atoms with Crippen LogP contribution < -0.4 is 4.74 Å². The Kier molecular flexibility index (Phi) is 5.94. The number of para-hydroxylation sites is 1. The van der Waals surface area contributed by atoms with E-state index >= 15 is 0 Å². The smallest absolute Gasteiger partial charge is 0.225 e. The third-order valence-corrected chi connectivity index (χ3v) is 6.32. The standard InChI is InChI=1S/C24H30N2O2/c1-28-23-12-5-4-9-20(23)17-21-10-6-11-22(25-21)18-13-15-26(16-14-18)24(27)19-7-2-3-8-19/h4-6,9-12,18-19H,2-3,7-8,13-17H2,1H3. The van der Waals surface area contributed by atoms with Gasteiger partial charge in [0.05, 0.1) is 7.11 Å². The second kappa shape index (κ2) is 8.76. The lowest BCUT2D eigenvalue weighted by Gasteiger charge is -2.33. The molecule has 1 saturated carbocycles. The normalized spacial score (nSPS) is 18.4. The van der Waals surface area contributed by atoms with Crippen LogP contribution in [-0.4, -0.2) is 36.0 Å². The van der Waals surface area contributed by atoms with Crippen molar-refractivity contribution in [3.63, 3.8) is 0 Å². The molecular formula is C24H30N2O2. The zero-order chi connectivity index (χ0) is 19.3. The molecule has 4 nitrogen and oxygen atoms in total. The van der Waals surface area contributed by atoms with Gasteiger partial charge in [-0.05, 0) is 43.9 Å². The maximum atomic E-state index is 12.7. The van der Waals surface area contributed by atoms with Gasteiger partial charge in [-0.15, -0.1) is 0 Å². The second-order valence-electron chi connectivity index (χ2n) is 8.12. The van der Waals surface area contributed by atoms with Crippen LogP contribution in [0.2, 0.25) is 0 Å². The Hall–Kier alpha value is -2.36. The van der Waals surface area contributed by atoms with Gasteiger partial charge < -0.3 is 9.64 Å². The van der Waals surface area contributed by atoms with Crippen molar-refractivity contribution in [2.45, 2.75) is 50.9 Å². The van der Waals surface area contributed by atoms with Crippen molar-refractivity contribution in [3.05, 3.63) is 59.4 Å². The predicted octanol–water partition coefficient (Wildman–Crippen LogP) is 4.58. The molecule has 1 aromatic heterocycles. The summed E-state index contributed by atoms with van der Waals surface area (Å²) in [5, 5.41) is 0. The molecule has 4 rings (SSSR count). The number of carbonyl (C=O) groups is 1. The Labute approximate surface area is 167 Å². The van der Waals surface area contributed by atoms with Gasteiger partial charge in [0.1, 0.15) is 5.75 Å². The van der Waals surface area contributed by atoms with Crippen LogP contribution in [0.1, 0.15) is 61.4 Å². The van der Waals surface area contributed by atoms with Crippen molar-refractivity contribution in [2.75, 3.05) is 20.2 Å². The molecule has 1 aromatic carbocycles. The summed E-state index contributed by atoms with van der Waals surface area (Å²) in [5.41, 5.74) is 3.40. The van der Waals surface area contributed by atoms with Gasteiger partial charge in [-0.3, -0.25) is 9.78 Å². The number of amides is 1. The fraction of sp³-hybridized carbons (Fsp3) is 0.500. The number of rotatable bonds is 5. The summed E-state index contributed by atoms with van der Waals surface area (Å²) in [7, 11) is 1.71. The van der Waals surface area contributed by atoms with Crippen LogP contribution in [0.5, 0.6) is 5.75 Å². The number of hydrogen-bond donors (Lipinski definition) is 0. The first-order valence-corrected chi connectivity index (χ1v) is 10.6. The first-order chi connectivity index (χ1) is 13.7. The molecule has 1 aliphatic heterocycles. The highest BCUT2D eigenvalue weighted by molar-refractivity contribution is 5.79. The Morgan fingerprint density at radius 1 is 1.04 bits per heavy atom. The summed E-state index contributed by atoms with van der Waals surface area (Å²) in [6.45, 7) is 1.75. The van der Waals surface area contributed by atoms with Crippen molar-refractivity contribution in [1.82, 2.24) is 9.88 Å². The van der Waals surface area contributed by atoms with E-state index in [1.54, 1.807) is 7.11 Å². The van der Waals surface area contributed by atoms with Crippen LogP contribution in [0.4, 0.5) is 0 Å². The number of nitrogens with zero attached hydrogens (tertiary/aromatic N) is 2. The maximum Gasteiger partial charge on any atom is 0.225 e. The molecule has 2 fully saturated rings. The first kappa shape index (κ1) is 19.0. The van der Waals surface area contributed by atoms with Gasteiger partial charge in [-0.2, -0.15) is 0 Å². The van der Waals surface area contributed by atoms with E-state index in [9.17, 15) is 4.79 Å². The summed E-state index contributed by atoms with van der Waals surface area (Å²) in [6, 6.07) is 14.5. The molecule has 0 radical (unpaired) electrons. The lowest BCUT2D eigenvalue weighted by Crippen LogP contribution is -2.40. The van der Waals surface area contributed by atoms with E-state index < -0.39 is 0 Å². The topological polar surface area (TPSA) is 42.4 Å². The summed E-state index contributed by atoms with van der Waals surface area (Å²) in [4.78, 5) is 19.7. The van der Waals surface area contributed by atoms with Crippen LogP contribution in [0.25, 0.3) is 0 Å². The average molecular weight is 379 g/mol. The molecule has 0 atom stereocenters.